The molecule has 0 aromatic heterocycles. The van der Waals surface area contributed by atoms with Crippen molar-refractivity contribution in [2.75, 3.05) is 19.6 Å². The van der Waals surface area contributed by atoms with Gasteiger partial charge in [-0.05, 0) is 56.5 Å². The van der Waals surface area contributed by atoms with Gasteiger partial charge in [-0.2, -0.15) is 0 Å². The minimum atomic E-state index is 0.384. The van der Waals surface area contributed by atoms with Crippen molar-refractivity contribution in [2.45, 2.75) is 31.8 Å². The third-order valence-corrected chi connectivity index (χ3v) is 4.70. The highest BCUT2D eigenvalue weighted by Gasteiger charge is 2.34. The first-order valence-electron chi connectivity index (χ1n) is 6.96. The highest BCUT2D eigenvalue weighted by Crippen LogP contribution is 2.29. The number of nitrogens with one attached hydrogen (secondary N) is 1. The molecule has 0 radical (unpaired) electrons. The van der Waals surface area contributed by atoms with E-state index in [-0.39, 0.29) is 0 Å². The molecule has 3 heteroatoms. The van der Waals surface area contributed by atoms with E-state index in [9.17, 15) is 0 Å². The third-order valence-electron chi connectivity index (χ3n) is 4.47. The SMILES string of the molecule is C[C@@H](NC1CN2CCC1CC2)c1cccc(Cl)c1. The van der Waals surface area contributed by atoms with E-state index < -0.39 is 0 Å². The van der Waals surface area contributed by atoms with Crippen molar-refractivity contribution in [2.24, 2.45) is 5.92 Å². The maximum atomic E-state index is 6.06. The lowest BCUT2D eigenvalue weighted by Gasteiger charge is -2.46. The van der Waals surface area contributed by atoms with Crippen molar-refractivity contribution in [1.29, 1.82) is 0 Å². The number of fused-ring (bicyclic) bond motifs is 3. The molecule has 1 aromatic rings. The quantitative estimate of drug-likeness (QED) is 0.903. The second-order valence-electron chi connectivity index (χ2n) is 5.69. The van der Waals surface area contributed by atoms with E-state index in [1.807, 2.05) is 12.1 Å². The van der Waals surface area contributed by atoms with Crippen LogP contribution >= 0.6 is 11.6 Å². The molecule has 4 rings (SSSR count). The molecule has 2 nitrogen and oxygen atoms in total. The van der Waals surface area contributed by atoms with Gasteiger partial charge in [0.2, 0.25) is 0 Å². The molecular weight excluding hydrogens is 244 g/mol. The number of nitrogens with zero attached hydrogens (tertiary/aromatic N) is 1. The van der Waals surface area contributed by atoms with Crippen LogP contribution in [0, 0.1) is 5.92 Å². The lowest BCUT2D eigenvalue weighted by Crippen LogP contribution is -2.56. The Morgan fingerprint density at radius 2 is 2.11 bits per heavy atom. The van der Waals surface area contributed by atoms with Crippen molar-refractivity contribution in [3.63, 3.8) is 0 Å². The number of halogens is 1. The van der Waals surface area contributed by atoms with Gasteiger partial charge in [0.05, 0.1) is 0 Å². The highest BCUT2D eigenvalue weighted by atomic mass is 35.5. The van der Waals surface area contributed by atoms with E-state index in [1.165, 1.54) is 38.0 Å². The summed E-state index contributed by atoms with van der Waals surface area (Å²) in [6, 6.07) is 9.24. The normalized spacial score (nSPS) is 32.4. The molecular formula is C15H21ClN2. The number of piperidine rings is 3. The van der Waals surface area contributed by atoms with Crippen molar-refractivity contribution in [3.8, 4) is 0 Å². The standard InChI is InChI=1S/C15H21ClN2/c1-11(13-3-2-4-14(16)9-13)17-15-10-18-7-5-12(15)6-8-18/h2-4,9,11-12,15,17H,5-8,10H2,1H3/t11-,15?/m1/s1. The zero-order valence-corrected chi connectivity index (χ0v) is 11.7. The molecule has 0 amide bonds. The molecule has 1 aromatic carbocycles. The number of rotatable bonds is 3. The number of hydrogen-bond acceptors (Lipinski definition) is 2. The average Bonchev–Trinajstić information content (AvgIpc) is 2.40. The third kappa shape index (κ3) is 2.56. The Balaban J connectivity index is 1.66. The molecule has 3 fully saturated rings. The summed E-state index contributed by atoms with van der Waals surface area (Å²) in [5.41, 5.74) is 1.29. The van der Waals surface area contributed by atoms with Crippen LogP contribution in [0.3, 0.4) is 0 Å². The van der Waals surface area contributed by atoms with Crippen LogP contribution in [0.1, 0.15) is 31.4 Å². The summed E-state index contributed by atoms with van der Waals surface area (Å²) in [4.78, 5) is 2.59. The molecule has 3 heterocycles. The topological polar surface area (TPSA) is 15.3 Å². The Kier molecular flexibility index (Phi) is 3.60. The molecule has 0 aliphatic carbocycles. The van der Waals surface area contributed by atoms with E-state index in [0.717, 1.165) is 10.9 Å². The zero-order valence-electron chi connectivity index (χ0n) is 10.9. The second kappa shape index (κ2) is 5.20. The summed E-state index contributed by atoms with van der Waals surface area (Å²) >= 11 is 6.06. The van der Waals surface area contributed by atoms with Crippen LogP contribution < -0.4 is 5.32 Å². The van der Waals surface area contributed by atoms with E-state index in [0.29, 0.717) is 12.1 Å². The van der Waals surface area contributed by atoms with Gasteiger partial charge in [0.25, 0.3) is 0 Å². The first kappa shape index (κ1) is 12.5. The van der Waals surface area contributed by atoms with Crippen LogP contribution in [0.25, 0.3) is 0 Å². The summed E-state index contributed by atoms with van der Waals surface area (Å²) in [7, 11) is 0. The lowest BCUT2D eigenvalue weighted by molar-refractivity contribution is 0.0680. The summed E-state index contributed by atoms with van der Waals surface area (Å²) in [6.07, 6.45) is 2.72. The minimum absolute atomic E-state index is 0.384. The van der Waals surface area contributed by atoms with Gasteiger partial charge in [0.15, 0.2) is 0 Å². The van der Waals surface area contributed by atoms with Gasteiger partial charge in [-0.1, -0.05) is 23.7 Å². The maximum Gasteiger partial charge on any atom is 0.0409 e. The average molecular weight is 265 g/mol. The minimum Gasteiger partial charge on any atom is -0.306 e. The van der Waals surface area contributed by atoms with Gasteiger partial charge in [-0.15, -0.1) is 0 Å². The second-order valence-corrected chi connectivity index (χ2v) is 6.12. The van der Waals surface area contributed by atoms with Crippen molar-refractivity contribution >= 4 is 11.6 Å². The van der Waals surface area contributed by atoms with Crippen LogP contribution in [0.15, 0.2) is 24.3 Å². The first-order chi connectivity index (χ1) is 8.72. The predicted octanol–water partition coefficient (Wildman–Crippen LogP) is 3.08. The summed E-state index contributed by atoms with van der Waals surface area (Å²) in [5.74, 6) is 0.872. The first-order valence-corrected chi connectivity index (χ1v) is 7.34. The molecule has 1 unspecified atom stereocenters. The molecule has 2 atom stereocenters. The summed E-state index contributed by atoms with van der Waals surface area (Å²) < 4.78 is 0. The Morgan fingerprint density at radius 1 is 1.33 bits per heavy atom. The van der Waals surface area contributed by atoms with Crippen LogP contribution in [0.2, 0.25) is 5.02 Å². The van der Waals surface area contributed by atoms with Crippen LogP contribution in [0.5, 0.6) is 0 Å². The Bertz CT molecular complexity index is 413. The smallest absolute Gasteiger partial charge is 0.0409 e. The van der Waals surface area contributed by atoms with Gasteiger partial charge < -0.3 is 10.2 Å². The van der Waals surface area contributed by atoms with Crippen molar-refractivity contribution in [1.82, 2.24) is 10.2 Å². The van der Waals surface area contributed by atoms with E-state index in [4.69, 9.17) is 11.6 Å². The molecule has 98 valence electrons. The molecule has 18 heavy (non-hydrogen) atoms. The fraction of sp³-hybridized carbons (Fsp3) is 0.600. The molecule has 3 aliphatic rings. The van der Waals surface area contributed by atoms with Crippen molar-refractivity contribution in [3.05, 3.63) is 34.9 Å². The van der Waals surface area contributed by atoms with E-state index in [2.05, 4.69) is 29.3 Å². The number of benzene rings is 1. The Labute approximate surface area is 114 Å². The van der Waals surface area contributed by atoms with Crippen LogP contribution in [-0.2, 0) is 0 Å². The van der Waals surface area contributed by atoms with Gasteiger partial charge in [0, 0.05) is 23.7 Å². The molecule has 0 saturated carbocycles. The molecule has 3 aliphatic heterocycles. The van der Waals surface area contributed by atoms with Crippen molar-refractivity contribution < 1.29 is 0 Å². The largest absolute Gasteiger partial charge is 0.306 e. The molecule has 2 bridgehead atoms. The summed E-state index contributed by atoms with van der Waals surface area (Å²) in [6.45, 7) is 6.06. The van der Waals surface area contributed by atoms with Gasteiger partial charge in [0.1, 0.15) is 0 Å². The van der Waals surface area contributed by atoms with E-state index >= 15 is 0 Å². The highest BCUT2D eigenvalue weighted by molar-refractivity contribution is 6.30. The van der Waals surface area contributed by atoms with Gasteiger partial charge >= 0.3 is 0 Å². The molecule has 0 spiro atoms. The van der Waals surface area contributed by atoms with Crippen LogP contribution in [-0.4, -0.2) is 30.6 Å². The lowest BCUT2D eigenvalue weighted by atomic mass is 9.83. The fourth-order valence-electron chi connectivity index (χ4n) is 3.35. The monoisotopic (exact) mass is 264 g/mol. The number of hydrogen-bond donors (Lipinski definition) is 1. The summed E-state index contributed by atoms with van der Waals surface area (Å²) in [5, 5.41) is 4.62. The van der Waals surface area contributed by atoms with Crippen LogP contribution in [0.4, 0.5) is 0 Å². The fourth-order valence-corrected chi connectivity index (χ4v) is 3.55. The van der Waals surface area contributed by atoms with E-state index in [1.54, 1.807) is 0 Å². The molecule has 1 N–H and O–H groups in total. The van der Waals surface area contributed by atoms with Gasteiger partial charge in [-0.25, -0.2) is 0 Å². The zero-order chi connectivity index (χ0) is 12.5. The Hall–Kier alpha value is -0.570. The molecule has 3 saturated heterocycles. The maximum absolute atomic E-state index is 6.06. The predicted molar refractivity (Wildman–Crippen MR) is 76.0 cm³/mol. The Morgan fingerprint density at radius 3 is 2.72 bits per heavy atom. The van der Waals surface area contributed by atoms with Gasteiger partial charge in [-0.3, -0.25) is 0 Å².